The number of nitro groups is 1. The van der Waals surface area contributed by atoms with E-state index < -0.39 is 22.2 Å². The Morgan fingerprint density at radius 2 is 1.66 bits per heavy atom. The molecule has 148 valence electrons. The Labute approximate surface area is 172 Å². The summed E-state index contributed by atoms with van der Waals surface area (Å²) in [5.74, 6) is -1.07. The van der Waals surface area contributed by atoms with E-state index in [1.807, 2.05) is 0 Å². The fraction of sp³-hybridized carbons (Fsp3) is 0.143. The van der Waals surface area contributed by atoms with Crippen molar-refractivity contribution in [3.8, 4) is 5.88 Å². The maximum atomic E-state index is 13.2. The minimum Gasteiger partial charge on any atom is -0.462 e. The van der Waals surface area contributed by atoms with Crippen molar-refractivity contribution in [2.24, 2.45) is 0 Å². The molecule has 0 fully saturated rings. The van der Waals surface area contributed by atoms with Gasteiger partial charge in [-0.05, 0) is 6.92 Å². The van der Waals surface area contributed by atoms with Crippen molar-refractivity contribution < 1.29 is 19.2 Å². The van der Waals surface area contributed by atoms with Gasteiger partial charge in [0.05, 0.1) is 22.7 Å². The quantitative estimate of drug-likeness (QED) is 0.321. The smallest absolute Gasteiger partial charge is 0.360 e. The molecule has 3 rings (SSSR count). The van der Waals surface area contributed by atoms with Gasteiger partial charge in [0.1, 0.15) is 0 Å². The zero-order valence-electron chi connectivity index (χ0n) is 15.4. The monoisotopic (exact) mass is 412 g/mol. The van der Waals surface area contributed by atoms with Crippen molar-refractivity contribution in [3.63, 3.8) is 0 Å². The van der Waals surface area contributed by atoms with Crippen LogP contribution < -0.4 is 4.74 Å². The van der Waals surface area contributed by atoms with E-state index in [0.717, 1.165) is 6.07 Å². The average Bonchev–Trinajstić information content (AvgIpc) is 2.74. The molecule has 2 aromatic carbocycles. The molecule has 0 aliphatic rings. The molecule has 0 saturated carbocycles. The number of carbonyl (C=O) groups excluding carboxylic acids is 1. The van der Waals surface area contributed by atoms with Crippen molar-refractivity contribution in [1.82, 2.24) is 4.98 Å². The highest BCUT2D eigenvalue weighted by Crippen LogP contribution is 2.39. The second-order valence-corrected chi connectivity index (χ2v) is 6.41. The SMILES string of the molecule is CCOC(=O)C(Oc1ncc(Cl)cc1[N+](=O)[O-])(c1ccccc1)c1ccccc1. The first-order valence-corrected chi connectivity index (χ1v) is 9.14. The van der Waals surface area contributed by atoms with E-state index in [4.69, 9.17) is 21.1 Å². The average molecular weight is 413 g/mol. The number of esters is 1. The van der Waals surface area contributed by atoms with Gasteiger partial charge in [-0.1, -0.05) is 72.3 Å². The molecule has 0 atom stereocenters. The molecule has 0 spiro atoms. The largest absolute Gasteiger partial charge is 0.462 e. The van der Waals surface area contributed by atoms with Gasteiger partial charge in [0, 0.05) is 17.2 Å². The van der Waals surface area contributed by atoms with Crippen LogP contribution in [0.5, 0.6) is 5.88 Å². The first-order valence-electron chi connectivity index (χ1n) is 8.76. The second kappa shape index (κ2) is 8.70. The number of pyridine rings is 1. The Morgan fingerprint density at radius 1 is 1.10 bits per heavy atom. The number of aromatic nitrogens is 1. The molecule has 0 radical (unpaired) electrons. The molecule has 1 aromatic heterocycles. The highest BCUT2D eigenvalue weighted by molar-refractivity contribution is 6.30. The zero-order chi connectivity index (χ0) is 20.9. The topological polar surface area (TPSA) is 91.6 Å². The van der Waals surface area contributed by atoms with Crippen molar-refractivity contribution in [1.29, 1.82) is 0 Å². The summed E-state index contributed by atoms with van der Waals surface area (Å²) < 4.78 is 11.4. The van der Waals surface area contributed by atoms with Crippen molar-refractivity contribution in [2.75, 3.05) is 6.61 Å². The molecule has 8 heteroatoms. The van der Waals surface area contributed by atoms with Crippen LogP contribution in [0.2, 0.25) is 5.02 Å². The minimum absolute atomic E-state index is 0.0743. The van der Waals surface area contributed by atoms with Gasteiger partial charge in [-0.2, -0.15) is 0 Å². The number of ether oxygens (including phenoxy) is 2. The summed E-state index contributed by atoms with van der Waals surface area (Å²) in [6.45, 7) is 1.77. The molecule has 1 heterocycles. The molecule has 0 unspecified atom stereocenters. The highest BCUT2D eigenvalue weighted by Gasteiger charge is 2.48. The van der Waals surface area contributed by atoms with Crippen LogP contribution in [0.25, 0.3) is 0 Å². The van der Waals surface area contributed by atoms with Crippen LogP contribution in [0.1, 0.15) is 18.1 Å². The van der Waals surface area contributed by atoms with Crippen molar-refractivity contribution in [2.45, 2.75) is 12.5 Å². The third-order valence-corrected chi connectivity index (χ3v) is 4.38. The van der Waals surface area contributed by atoms with Gasteiger partial charge in [-0.15, -0.1) is 0 Å². The minimum atomic E-state index is -1.80. The van der Waals surface area contributed by atoms with Gasteiger partial charge >= 0.3 is 11.7 Å². The third-order valence-electron chi connectivity index (χ3n) is 4.17. The number of hydrogen-bond acceptors (Lipinski definition) is 6. The summed E-state index contributed by atoms with van der Waals surface area (Å²) in [5, 5.41) is 11.6. The summed E-state index contributed by atoms with van der Waals surface area (Å²) in [6, 6.07) is 18.4. The van der Waals surface area contributed by atoms with Gasteiger partial charge < -0.3 is 9.47 Å². The maximum Gasteiger partial charge on any atom is 0.360 e. The molecule has 0 N–H and O–H groups in total. The first-order chi connectivity index (χ1) is 14.0. The molecule has 29 heavy (non-hydrogen) atoms. The Hall–Kier alpha value is -3.45. The standard InChI is InChI=1S/C21H17ClN2O5/c1-2-28-20(25)21(15-9-5-3-6-10-15,16-11-7-4-8-12-16)29-19-18(24(26)27)13-17(22)14-23-19/h3-14H,2H2,1H3. The van der Waals surface area contributed by atoms with E-state index in [1.54, 1.807) is 67.6 Å². The summed E-state index contributed by atoms with van der Waals surface area (Å²) in [4.78, 5) is 28.1. The normalized spacial score (nSPS) is 11.0. The lowest BCUT2D eigenvalue weighted by Crippen LogP contribution is -2.44. The van der Waals surface area contributed by atoms with Crippen LogP contribution >= 0.6 is 11.6 Å². The predicted octanol–water partition coefficient (Wildman–Crippen LogP) is 4.53. The molecule has 0 saturated heterocycles. The maximum absolute atomic E-state index is 13.2. The summed E-state index contributed by atoms with van der Waals surface area (Å²) in [6.07, 6.45) is 1.22. The molecular formula is C21H17ClN2O5. The number of benzene rings is 2. The third kappa shape index (κ3) is 4.05. The molecule has 0 aliphatic carbocycles. The van der Waals surface area contributed by atoms with Crippen LogP contribution in [0.4, 0.5) is 5.69 Å². The van der Waals surface area contributed by atoms with Gasteiger partial charge in [-0.25, -0.2) is 9.78 Å². The second-order valence-electron chi connectivity index (χ2n) is 5.97. The Morgan fingerprint density at radius 3 is 2.14 bits per heavy atom. The first kappa shape index (κ1) is 20.3. The van der Waals surface area contributed by atoms with Gasteiger partial charge in [0.2, 0.25) is 0 Å². The van der Waals surface area contributed by atoms with Gasteiger partial charge in [0.15, 0.2) is 0 Å². The number of carbonyl (C=O) groups is 1. The summed E-state index contributed by atoms with van der Waals surface area (Å²) >= 11 is 5.86. The van der Waals surface area contributed by atoms with E-state index in [-0.39, 0.29) is 17.5 Å². The van der Waals surface area contributed by atoms with E-state index >= 15 is 0 Å². The molecular weight excluding hydrogens is 396 g/mol. The highest BCUT2D eigenvalue weighted by atomic mass is 35.5. The van der Waals surface area contributed by atoms with Crippen LogP contribution in [-0.2, 0) is 15.1 Å². The lowest BCUT2D eigenvalue weighted by atomic mass is 9.86. The van der Waals surface area contributed by atoms with Crippen molar-refractivity contribution in [3.05, 3.63) is 99.2 Å². The van der Waals surface area contributed by atoms with Crippen LogP contribution in [0.15, 0.2) is 72.9 Å². The van der Waals surface area contributed by atoms with E-state index in [1.165, 1.54) is 6.20 Å². The zero-order valence-corrected chi connectivity index (χ0v) is 16.2. The molecule has 3 aromatic rings. The lowest BCUT2D eigenvalue weighted by Gasteiger charge is -2.32. The van der Waals surface area contributed by atoms with E-state index in [2.05, 4.69) is 4.98 Å². The van der Waals surface area contributed by atoms with Crippen LogP contribution in [0, 0.1) is 10.1 Å². The number of hydrogen-bond donors (Lipinski definition) is 0. The Kier molecular flexibility index (Phi) is 6.09. The van der Waals surface area contributed by atoms with E-state index in [9.17, 15) is 14.9 Å². The fourth-order valence-electron chi connectivity index (χ4n) is 2.91. The number of halogens is 1. The van der Waals surface area contributed by atoms with Crippen LogP contribution in [-0.4, -0.2) is 22.5 Å². The lowest BCUT2D eigenvalue weighted by molar-refractivity contribution is -0.386. The predicted molar refractivity (Wildman–Crippen MR) is 107 cm³/mol. The number of nitrogens with zero attached hydrogens (tertiary/aromatic N) is 2. The van der Waals surface area contributed by atoms with Gasteiger partial charge in [0.25, 0.3) is 11.5 Å². The fourth-order valence-corrected chi connectivity index (χ4v) is 3.06. The summed E-state index contributed by atoms with van der Waals surface area (Å²) in [7, 11) is 0. The van der Waals surface area contributed by atoms with E-state index in [0.29, 0.717) is 11.1 Å². The Balaban J connectivity index is 2.28. The molecule has 0 bridgehead atoms. The summed E-state index contributed by atoms with van der Waals surface area (Å²) in [5.41, 5.74) is -1.38. The molecule has 0 amide bonds. The molecule has 0 aliphatic heterocycles. The van der Waals surface area contributed by atoms with Crippen LogP contribution in [0.3, 0.4) is 0 Å². The van der Waals surface area contributed by atoms with Crippen molar-refractivity contribution >= 4 is 23.3 Å². The Bertz CT molecular complexity index is 973. The molecule has 7 nitrogen and oxygen atoms in total. The number of rotatable bonds is 7. The van der Waals surface area contributed by atoms with Gasteiger partial charge in [-0.3, -0.25) is 10.1 Å².